The van der Waals surface area contributed by atoms with E-state index in [9.17, 15) is 0 Å². The van der Waals surface area contributed by atoms with Crippen molar-refractivity contribution in [2.24, 2.45) is 0 Å². The van der Waals surface area contributed by atoms with Crippen molar-refractivity contribution in [2.75, 3.05) is 0 Å². The van der Waals surface area contributed by atoms with Gasteiger partial charge in [-0.1, -0.05) is 152 Å². The Balaban J connectivity index is 1.71. The average molecular weight is 519 g/mol. The molecule has 0 spiro atoms. The minimum Gasteiger partial charge on any atom is -0.431 e. The standard InChI is InChI=1S/C31H30O2Si3/c1-35(28-19-9-3-10-20-28,29-21-11-4-12-22-29)33-36(30-23-13-5-14-24-30,31-25-15-6-16-26-31)32-34-27-17-7-2-8-18-27/h2-26H,34H2,1H3. The van der Waals surface area contributed by atoms with Crippen LogP contribution in [0.25, 0.3) is 0 Å². The number of hydrogen-bond acceptors (Lipinski definition) is 2. The van der Waals surface area contributed by atoms with Gasteiger partial charge in [-0.3, -0.25) is 0 Å². The van der Waals surface area contributed by atoms with Crippen LogP contribution in [0.4, 0.5) is 0 Å². The third-order valence-electron chi connectivity index (χ3n) is 6.59. The van der Waals surface area contributed by atoms with Gasteiger partial charge in [0, 0.05) is 0 Å². The van der Waals surface area contributed by atoms with Crippen LogP contribution in [0, 0.1) is 0 Å². The van der Waals surface area contributed by atoms with Gasteiger partial charge in [0.2, 0.25) is 8.32 Å². The summed E-state index contributed by atoms with van der Waals surface area (Å²) >= 11 is 0. The largest absolute Gasteiger partial charge is 0.431 e. The predicted molar refractivity (Wildman–Crippen MR) is 158 cm³/mol. The highest BCUT2D eigenvalue weighted by molar-refractivity contribution is 7.07. The Morgan fingerprint density at radius 1 is 0.444 bits per heavy atom. The zero-order valence-electron chi connectivity index (χ0n) is 20.5. The Morgan fingerprint density at radius 2 is 0.778 bits per heavy atom. The van der Waals surface area contributed by atoms with Crippen molar-refractivity contribution in [2.45, 2.75) is 6.55 Å². The van der Waals surface area contributed by atoms with Crippen LogP contribution in [0.5, 0.6) is 0 Å². The first-order chi connectivity index (χ1) is 17.7. The summed E-state index contributed by atoms with van der Waals surface area (Å²) < 4.78 is 14.9. The van der Waals surface area contributed by atoms with Gasteiger partial charge >= 0.3 is 8.56 Å². The lowest BCUT2D eigenvalue weighted by Crippen LogP contribution is -2.73. The van der Waals surface area contributed by atoms with Crippen LogP contribution in [0.1, 0.15) is 0 Å². The van der Waals surface area contributed by atoms with Crippen molar-refractivity contribution in [1.29, 1.82) is 0 Å². The Kier molecular flexibility index (Phi) is 7.55. The van der Waals surface area contributed by atoms with Crippen molar-refractivity contribution >= 4 is 52.6 Å². The molecule has 0 amide bonds. The molecule has 5 aromatic rings. The van der Waals surface area contributed by atoms with Gasteiger partial charge in [0.25, 0.3) is 0 Å². The molecule has 0 fully saturated rings. The van der Waals surface area contributed by atoms with Crippen LogP contribution in [-0.4, -0.2) is 26.6 Å². The average Bonchev–Trinajstić information content (AvgIpc) is 2.97. The van der Waals surface area contributed by atoms with Crippen molar-refractivity contribution in [3.8, 4) is 0 Å². The maximum atomic E-state index is 7.68. The summed E-state index contributed by atoms with van der Waals surface area (Å²) in [6.45, 7) is 2.32. The Hall–Kier alpha value is -3.33. The monoisotopic (exact) mass is 518 g/mol. The highest BCUT2D eigenvalue weighted by atomic mass is 28.5. The van der Waals surface area contributed by atoms with Crippen LogP contribution < -0.4 is 25.9 Å². The molecule has 5 heteroatoms. The van der Waals surface area contributed by atoms with Gasteiger partial charge in [0.15, 0.2) is 9.76 Å². The van der Waals surface area contributed by atoms with Crippen LogP contribution in [0.3, 0.4) is 0 Å². The third-order valence-corrected chi connectivity index (χ3v) is 17.4. The first-order valence-corrected chi connectivity index (χ1v) is 17.8. The maximum absolute atomic E-state index is 7.68. The lowest BCUT2D eigenvalue weighted by molar-refractivity contribution is 0.439. The Morgan fingerprint density at radius 3 is 1.17 bits per heavy atom. The van der Waals surface area contributed by atoms with E-state index < -0.39 is 26.6 Å². The van der Waals surface area contributed by atoms with E-state index in [1.54, 1.807) is 0 Å². The fourth-order valence-electron chi connectivity index (χ4n) is 4.64. The summed E-state index contributed by atoms with van der Waals surface area (Å²) in [4.78, 5) is 0. The fourth-order valence-corrected chi connectivity index (χ4v) is 16.5. The second-order valence-corrected chi connectivity index (χ2v) is 17.7. The predicted octanol–water partition coefficient (Wildman–Crippen LogP) is 3.08. The molecule has 0 heterocycles. The van der Waals surface area contributed by atoms with Crippen LogP contribution in [0.15, 0.2) is 152 Å². The molecule has 2 nitrogen and oxygen atoms in total. The lowest BCUT2D eigenvalue weighted by Gasteiger charge is -2.41. The van der Waals surface area contributed by atoms with Gasteiger partial charge in [0.1, 0.15) is 0 Å². The van der Waals surface area contributed by atoms with E-state index >= 15 is 0 Å². The summed E-state index contributed by atoms with van der Waals surface area (Å²) in [7, 11) is -6.86. The summed E-state index contributed by atoms with van der Waals surface area (Å²) in [5.41, 5.74) is 0. The molecule has 0 atom stereocenters. The summed E-state index contributed by atoms with van der Waals surface area (Å²) in [6.07, 6.45) is 0. The van der Waals surface area contributed by atoms with Gasteiger partial charge in [-0.2, -0.15) is 0 Å². The Labute approximate surface area is 218 Å². The van der Waals surface area contributed by atoms with Crippen LogP contribution >= 0.6 is 0 Å². The van der Waals surface area contributed by atoms with E-state index in [4.69, 9.17) is 8.23 Å². The molecule has 36 heavy (non-hydrogen) atoms. The normalized spacial score (nSPS) is 12.1. The first-order valence-electron chi connectivity index (χ1n) is 12.3. The van der Waals surface area contributed by atoms with Crippen molar-refractivity contribution in [1.82, 2.24) is 0 Å². The molecule has 0 radical (unpaired) electrons. The smallest absolute Gasteiger partial charge is 0.386 e. The van der Waals surface area contributed by atoms with E-state index in [-0.39, 0.29) is 0 Å². The molecule has 0 bridgehead atoms. The first kappa shape index (κ1) is 24.4. The van der Waals surface area contributed by atoms with Gasteiger partial charge in [-0.15, -0.1) is 0 Å². The molecule has 0 saturated heterocycles. The number of hydrogen-bond donors (Lipinski definition) is 0. The summed E-state index contributed by atoms with van der Waals surface area (Å²) in [5.74, 6) is 0. The van der Waals surface area contributed by atoms with Crippen molar-refractivity contribution in [3.05, 3.63) is 152 Å². The zero-order valence-corrected chi connectivity index (χ0v) is 23.9. The molecule has 0 unspecified atom stereocenters. The van der Waals surface area contributed by atoms with E-state index in [0.717, 1.165) is 10.4 Å². The molecule has 178 valence electrons. The third kappa shape index (κ3) is 5.11. The van der Waals surface area contributed by atoms with E-state index in [0.29, 0.717) is 0 Å². The molecular weight excluding hydrogens is 489 g/mol. The lowest BCUT2D eigenvalue weighted by atomic mass is 10.4. The SMILES string of the molecule is C[Si](O[Si](O[SiH2]c1ccccc1)(c1ccccc1)c1ccccc1)(c1ccccc1)c1ccccc1. The van der Waals surface area contributed by atoms with Gasteiger partial charge in [-0.25, -0.2) is 0 Å². The quantitative estimate of drug-likeness (QED) is 0.279. The second-order valence-electron chi connectivity index (χ2n) is 8.99. The zero-order chi connectivity index (χ0) is 24.7. The molecule has 0 aliphatic carbocycles. The molecular formula is C31H30O2Si3. The van der Waals surface area contributed by atoms with Crippen molar-refractivity contribution < 1.29 is 8.23 Å². The van der Waals surface area contributed by atoms with Gasteiger partial charge in [-0.05, 0) is 32.5 Å². The molecule has 0 N–H and O–H groups in total. The minimum atomic E-state index is -3.11. The number of benzene rings is 5. The fraction of sp³-hybridized carbons (Fsp3) is 0.0323. The number of rotatable bonds is 9. The molecule has 0 aliphatic rings. The molecule has 5 aromatic carbocycles. The summed E-state index contributed by atoms with van der Waals surface area (Å²) in [5, 5.41) is 6.04. The molecule has 5 rings (SSSR count). The minimum absolute atomic E-state index is 1.07. The van der Waals surface area contributed by atoms with Crippen LogP contribution in [-0.2, 0) is 8.23 Å². The highest BCUT2D eigenvalue weighted by Crippen LogP contribution is 2.18. The summed E-state index contributed by atoms with van der Waals surface area (Å²) in [6, 6.07) is 53.3. The second kappa shape index (κ2) is 11.2. The van der Waals surface area contributed by atoms with E-state index in [1.165, 1.54) is 15.6 Å². The van der Waals surface area contributed by atoms with E-state index in [2.05, 4.69) is 158 Å². The molecule has 0 saturated carbocycles. The van der Waals surface area contributed by atoms with Crippen LogP contribution in [0.2, 0.25) is 6.55 Å². The molecule has 0 aromatic heterocycles. The van der Waals surface area contributed by atoms with E-state index in [1.807, 2.05) is 0 Å². The molecule has 0 aliphatic heterocycles. The van der Waals surface area contributed by atoms with Gasteiger partial charge < -0.3 is 8.23 Å². The van der Waals surface area contributed by atoms with Gasteiger partial charge in [0.05, 0.1) is 0 Å². The topological polar surface area (TPSA) is 18.5 Å². The highest BCUT2D eigenvalue weighted by Gasteiger charge is 2.50. The maximum Gasteiger partial charge on any atom is 0.386 e. The Bertz CT molecular complexity index is 1270. The van der Waals surface area contributed by atoms with Crippen molar-refractivity contribution in [3.63, 3.8) is 0 Å².